The van der Waals surface area contributed by atoms with Gasteiger partial charge in [-0.2, -0.15) is 13.2 Å². The largest absolute Gasteiger partial charge is 0.417 e. The summed E-state index contributed by atoms with van der Waals surface area (Å²) in [6, 6.07) is 2.39. The van der Waals surface area contributed by atoms with Crippen LogP contribution in [0.25, 0.3) is 0 Å². The summed E-state index contributed by atoms with van der Waals surface area (Å²) in [5.74, 6) is 2.14. The van der Waals surface area contributed by atoms with Gasteiger partial charge in [-0.3, -0.25) is 4.99 Å². The molecule has 0 spiro atoms. The lowest BCUT2D eigenvalue weighted by Crippen LogP contribution is -2.45. The van der Waals surface area contributed by atoms with Crippen molar-refractivity contribution in [1.82, 2.24) is 15.2 Å². The van der Waals surface area contributed by atoms with E-state index in [1.165, 1.54) is 18.9 Å². The number of guanidine groups is 1. The van der Waals surface area contributed by atoms with Crippen molar-refractivity contribution < 1.29 is 13.2 Å². The van der Waals surface area contributed by atoms with Crippen LogP contribution in [0.4, 0.5) is 19.0 Å². The van der Waals surface area contributed by atoms with Crippen LogP contribution < -0.4 is 10.6 Å². The molecule has 1 aromatic heterocycles. The Bertz CT molecular complexity index is 548. The van der Waals surface area contributed by atoms with Crippen molar-refractivity contribution in [3.63, 3.8) is 0 Å². The van der Waals surface area contributed by atoms with Crippen LogP contribution in [0, 0.1) is 5.92 Å². The standard InChI is InChI=1S/C17H26F3N5/c1-13-6-10-25(11-7-13)16(21-2)23-9-3-8-22-15-5-4-14(12-24-15)17(18,19)20/h4-5,12-13H,3,6-11H2,1-2H3,(H,21,23)(H,22,24). The molecule has 5 nitrogen and oxygen atoms in total. The Morgan fingerprint density at radius 1 is 1.28 bits per heavy atom. The SMILES string of the molecule is CN=C(NCCCNc1ccc(C(F)(F)F)cn1)N1CCC(C)CC1. The molecule has 0 amide bonds. The average molecular weight is 357 g/mol. The highest BCUT2D eigenvalue weighted by Gasteiger charge is 2.30. The second-order valence-corrected chi connectivity index (χ2v) is 6.35. The molecule has 0 radical (unpaired) electrons. The molecule has 140 valence electrons. The van der Waals surface area contributed by atoms with Gasteiger partial charge in [-0.15, -0.1) is 0 Å². The summed E-state index contributed by atoms with van der Waals surface area (Å²) < 4.78 is 37.4. The summed E-state index contributed by atoms with van der Waals surface area (Å²) in [4.78, 5) is 10.4. The second-order valence-electron chi connectivity index (χ2n) is 6.35. The van der Waals surface area contributed by atoms with Crippen molar-refractivity contribution in [2.75, 3.05) is 38.5 Å². The molecule has 2 heterocycles. The Balaban J connectivity index is 1.67. The number of pyridine rings is 1. The zero-order valence-electron chi connectivity index (χ0n) is 14.7. The number of piperidine rings is 1. The lowest BCUT2D eigenvalue weighted by Gasteiger charge is -2.32. The molecule has 1 saturated heterocycles. The first-order chi connectivity index (χ1) is 11.9. The second kappa shape index (κ2) is 8.92. The van der Waals surface area contributed by atoms with E-state index in [0.717, 1.165) is 50.2 Å². The van der Waals surface area contributed by atoms with Crippen molar-refractivity contribution in [2.45, 2.75) is 32.4 Å². The minimum Gasteiger partial charge on any atom is -0.370 e. The molecule has 1 fully saturated rings. The number of aliphatic imine (C=N–C) groups is 1. The summed E-state index contributed by atoms with van der Waals surface area (Å²) >= 11 is 0. The zero-order chi connectivity index (χ0) is 18.3. The molecule has 0 unspecified atom stereocenters. The molecule has 1 aromatic rings. The molecule has 0 saturated carbocycles. The number of alkyl halides is 3. The van der Waals surface area contributed by atoms with E-state index >= 15 is 0 Å². The first-order valence-corrected chi connectivity index (χ1v) is 8.63. The van der Waals surface area contributed by atoms with E-state index in [1.54, 1.807) is 7.05 Å². The van der Waals surface area contributed by atoms with Gasteiger partial charge in [0.25, 0.3) is 0 Å². The predicted octanol–water partition coefficient (Wildman–Crippen LogP) is 3.21. The number of nitrogens with one attached hydrogen (secondary N) is 2. The van der Waals surface area contributed by atoms with Gasteiger partial charge in [0.15, 0.2) is 5.96 Å². The molecule has 2 rings (SSSR count). The zero-order valence-corrected chi connectivity index (χ0v) is 14.7. The maximum Gasteiger partial charge on any atom is 0.417 e. The molecule has 8 heteroatoms. The third-order valence-corrected chi connectivity index (χ3v) is 4.33. The normalized spacial score (nSPS) is 16.8. The fraction of sp³-hybridized carbons (Fsp3) is 0.647. The number of nitrogens with zero attached hydrogens (tertiary/aromatic N) is 3. The average Bonchev–Trinajstić information content (AvgIpc) is 2.59. The van der Waals surface area contributed by atoms with Gasteiger partial charge in [-0.05, 0) is 37.3 Å². The Morgan fingerprint density at radius 3 is 2.56 bits per heavy atom. The van der Waals surface area contributed by atoms with Gasteiger partial charge in [0.1, 0.15) is 5.82 Å². The van der Waals surface area contributed by atoms with Crippen LogP contribution in [-0.4, -0.2) is 49.1 Å². The van der Waals surface area contributed by atoms with Crippen LogP contribution in [0.3, 0.4) is 0 Å². The monoisotopic (exact) mass is 357 g/mol. The lowest BCUT2D eigenvalue weighted by molar-refractivity contribution is -0.137. The van der Waals surface area contributed by atoms with Gasteiger partial charge in [0.2, 0.25) is 0 Å². The molecular weight excluding hydrogens is 331 g/mol. The Labute approximate surface area is 146 Å². The highest BCUT2D eigenvalue weighted by atomic mass is 19.4. The quantitative estimate of drug-likeness (QED) is 0.483. The maximum absolute atomic E-state index is 12.5. The van der Waals surface area contributed by atoms with E-state index in [1.807, 2.05) is 0 Å². The van der Waals surface area contributed by atoms with Crippen molar-refractivity contribution in [3.8, 4) is 0 Å². The minimum atomic E-state index is -4.35. The van der Waals surface area contributed by atoms with Gasteiger partial charge >= 0.3 is 6.18 Å². The van der Waals surface area contributed by atoms with Crippen LogP contribution in [0.2, 0.25) is 0 Å². The summed E-state index contributed by atoms with van der Waals surface area (Å²) in [5.41, 5.74) is -0.737. The fourth-order valence-corrected chi connectivity index (χ4v) is 2.72. The molecule has 25 heavy (non-hydrogen) atoms. The molecule has 0 aromatic carbocycles. The van der Waals surface area contributed by atoms with Gasteiger partial charge in [0.05, 0.1) is 5.56 Å². The summed E-state index contributed by atoms with van der Waals surface area (Å²) in [5, 5.41) is 6.36. The van der Waals surface area contributed by atoms with Gasteiger partial charge in [-0.1, -0.05) is 6.92 Å². The molecule has 0 aliphatic carbocycles. The lowest BCUT2D eigenvalue weighted by atomic mass is 10.00. The first-order valence-electron chi connectivity index (χ1n) is 8.63. The highest BCUT2D eigenvalue weighted by molar-refractivity contribution is 5.79. The van der Waals surface area contributed by atoms with E-state index in [4.69, 9.17) is 0 Å². The summed E-state index contributed by atoms with van der Waals surface area (Å²) in [6.07, 6.45) is -0.326. The Kier molecular flexibility index (Phi) is 6.90. The van der Waals surface area contributed by atoms with Crippen molar-refractivity contribution in [3.05, 3.63) is 23.9 Å². The van der Waals surface area contributed by atoms with E-state index in [9.17, 15) is 13.2 Å². The number of halogens is 3. The molecule has 0 atom stereocenters. The number of hydrogen-bond acceptors (Lipinski definition) is 3. The van der Waals surface area contributed by atoms with Crippen LogP contribution >= 0.6 is 0 Å². The maximum atomic E-state index is 12.5. The topological polar surface area (TPSA) is 52.6 Å². The van der Waals surface area contributed by atoms with Crippen LogP contribution in [0.5, 0.6) is 0 Å². The molecular formula is C17H26F3N5. The molecule has 1 aliphatic rings. The van der Waals surface area contributed by atoms with Crippen LogP contribution in [0.15, 0.2) is 23.3 Å². The van der Waals surface area contributed by atoms with Crippen molar-refractivity contribution >= 4 is 11.8 Å². The molecule has 2 N–H and O–H groups in total. The number of rotatable bonds is 5. The Morgan fingerprint density at radius 2 is 2.00 bits per heavy atom. The van der Waals surface area contributed by atoms with Crippen LogP contribution in [-0.2, 0) is 6.18 Å². The number of aromatic nitrogens is 1. The minimum absolute atomic E-state index is 0.447. The van der Waals surface area contributed by atoms with Gasteiger partial charge in [0, 0.05) is 39.4 Å². The van der Waals surface area contributed by atoms with E-state index in [0.29, 0.717) is 12.4 Å². The fourth-order valence-electron chi connectivity index (χ4n) is 2.72. The van der Waals surface area contributed by atoms with Gasteiger partial charge < -0.3 is 15.5 Å². The first kappa shape index (κ1) is 19.3. The third kappa shape index (κ3) is 6.10. The number of likely N-dealkylation sites (tertiary alicyclic amines) is 1. The van der Waals surface area contributed by atoms with E-state index in [-0.39, 0.29) is 0 Å². The highest BCUT2D eigenvalue weighted by Crippen LogP contribution is 2.28. The summed E-state index contributed by atoms with van der Waals surface area (Å²) in [7, 11) is 1.78. The van der Waals surface area contributed by atoms with E-state index < -0.39 is 11.7 Å². The number of anilines is 1. The van der Waals surface area contributed by atoms with Gasteiger partial charge in [-0.25, -0.2) is 4.98 Å². The van der Waals surface area contributed by atoms with E-state index in [2.05, 4.69) is 32.4 Å². The molecule has 1 aliphatic heterocycles. The van der Waals surface area contributed by atoms with Crippen LogP contribution in [0.1, 0.15) is 31.7 Å². The Hall–Kier alpha value is -1.99. The van der Waals surface area contributed by atoms with Crippen molar-refractivity contribution in [1.29, 1.82) is 0 Å². The number of hydrogen-bond donors (Lipinski definition) is 2. The molecule has 0 bridgehead atoms. The van der Waals surface area contributed by atoms with Crippen molar-refractivity contribution in [2.24, 2.45) is 10.9 Å². The predicted molar refractivity (Wildman–Crippen MR) is 93.7 cm³/mol. The smallest absolute Gasteiger partial charge is 0.370 e. The summed E-state index contributed by atoms with van der Waals surface area (Å²) in [6.45, 7) is 5.68. The third-order valence-electron chi connectivity index (χ3n) is 4.33.